The van der Waals surface area contributed by atoms with Crippen LogP contribution in [-0.4, -0.2) is 36.9 Å². The Kier molecular flexibility index (Phi) is 4.29. The fourth-order valence-corrected chi connectivity index (χ4v) is 2.93. The highest BCUT2D eigenvalue weighted by Crippen LogP contribution is 2.33. The summed E-state index contributed by atoms with van der Waals surface area (Å²) in [5.41, 5.74) is 0.531. The number of aliphatic hydroxyl groups is 1. The van der Waals surface area contributed by atoms with Crippen LogP contribution in [0.4, 0.5) is 0 Å². The smallest absolute Gasteiger partial charge is 0.255 e. The van der Waals surface area contributed by atoms with Crippen molar-refractivity contribution in [3.05, 3.63) is 23.8 Å². The lowest BCUT2D eigenvalue weighted by molar-refractivity contribution is 0.0901. The predicted octanol–water partition coefficient (Wildman–Crippen LogP) is 1.74. The molecule has 114 valence electrons. The minimum absolute atomic E-state index is 0.122. The third kappa shape index (κ3) is 3.29. The predicted molar refractivity (Wildman–Crippen MR) is 77.7 cm³/mol. The number of fused-ring (bicyclic) bond motifs is 1. The standard InChI is InChI=1S/C16H21NO4/c18-12-6-4-11(5-7-12)10-17-16(19)13-2-1-3-14-15(13)21-9-8-20-14/h1-3,11-12,18H,4-10H2,(H,17,19). The third-order valence-electron chi connectivity index (χ3n) is 4.18. The van der Waals surface area contributed by atoms with Gasteiger partial charge in [-0.05, 0) is 43.7 Å². The number of benzene rings is 1. The number of para-hydroxylation sites is 1. The second kappa shape index (κ2) is 6.35. The second-order valence-corrected chi connectivity index (χ2v) is 5.71. The molecule has 2 aliphatic rings. The third-order valence-corrected chi connectivity index (χ3v) is 4.18. The van der Waals surface area contributed by atoms with Gasteiger partial charge in [-0.15, -0.1) is 0 Å². The summed E-state index contributed by atoms with van der Waals surface area (Å²) in [6.07, 6.45) is 3.43. The van der Waals surface area contributed by atoms with Gasteiger partial charge in [-0.3, -0.25) is 4.79 Å². The first-order valence-electron chi connectivity index (χ1n) is 7.59. The van der Waals surface area contributed by atoms with E-state index in [1.807, 2.05) is 6.07 Å². The van der Waals surface area contributed by atoms with E-state index in [0.29, 0.717) is 42.7 Å². The summed E-state index contributed by atoms with van der Waals surface area (Å²) in [4.78, 5) is 12.3. The van der Waals surface area contributed by atoms with Crippen LogP contribution >= 0.6 is 0 Å². The Hall–Kier alpha value is -1.75. The van der Waals surface area contributed by atoms with E-state index < -0.39 is 0 Å². The monoisotopic (exact) mass is 291 g/mol. The summed E-state index contributed by atoms with van der Waals surface area (Å²) in [5, 5.41) is 12.5. The Morgan fingerprint density at radius 1 is 1.19 bits per heavy atom. The largest absolute Gasteiger partial charge is 0.486 e. The first-order chi connectivity index (χ1) is 10.2. The molecule has 0 atom stereocenters. The molecule has 3 rings (SSSR count). The number of aliphatic hydroxyl groups excluding tert-OH is 1. The summed E-state index contributed by atoms with van der Waals surface area (Å²) in [5.74, 6) is 1.51. The number of rotatable bonds is 3. The molecule has 21 heavy (non-hydrogen) atoms. The SMILES string of the molecule is O=C(NCC1CCC(O)CC1)c1cccc2c1OCCO2. The van der Waals surface area contributed by atoms with Crippen molar-refractivity contribution >= 4 is 5.91 Å². The van der Waals surface area contributed by atoms with Gasteiger partial charge in [0.2, 0.25) is 0 Å². The van der Waals surface area contributed by atoms with Gasteiger partial charge in [-0.2, -0.15) is 0 Å². The van der Waals surface area contributed by atoms with Crippen molar-refractivity contribution in [2.75, 3.05) is 19.8 Å². The average Bonchev–Trinajstić information content (AvgIpc) is 2.53. The van der Waals surface area contributed by atoms with Gasteiger partial charge in [0.25, 0.3) is 5.91 Å². The average molecular weight is 291 g/mol. The fraction of sp³-hybridized carbons (Fsp3) is 0.562. The Labute approximate surface area is 124 Å². The topological polar surface area (TPSA) is 67.8 Å². The Bertz CT molecular complexity index is 509. The van der Waals surface area contributed by atoms with Gasteiger partial charge in [0.1, 0.15) is 13.2 Å². The van der Waals surface area contributed by atoms with Crippen molar-refractivity contribution in [2.45, 2.75) is 31.8 Å². The van der Waals surface area contributed by atoms with Crippen molar-refractivity contribution in [3.63, 3.8) is 0 Å². The molecule has 0 radical (unpaired) electrons. The van der Waals surface area contributed by atoms with Crippen LogP contribution in [0.5, 0.6) is 11.5 Å². The van der Waals surface area contributed by atoms with Crippen LogP contribution in [0.15, 0.2) is 18.2 Å². The van der Waals surface area contributed by atoms with Gasteiger partial charge in [0.15, 0.2) is 11.5 Å². The van der Waals surface area contributed by atoms with E-state index in [9.17, 15) is 9.90 Å². The number of amides is 1. The highest BCUT2D eigenvalue weighted by Gasteiger charge is 2.23. The molecule has 1 aliphatic carbocycles. The van der Waals surface area contributed by atoms with Crippen LogP contribution in [-0.2, 0) is 0 Å². The zero-order valence-electron chi connectivity index (χ0n) is 12.0. The van der Waals surface area contributed by atoms with Gasteiger partial charge in [-0.1, -0.05) is 6.07 Å². The van der Waals surface area contributed by atoms with E-state index in [1.54, 1.807) is 12.1 Å². The molecule has 0 saturated heterocycles. The number of hydrogen-bond acceptors (Lipinski definition) is 4. The number of nitrogens with one attached hydrogen (secondary N) is 1. The maximum absolute atomic E-state index is 12.3. The normalized spacial score (nSPS) is 24.4. The highest BCUT2D eigenvalue weighted by atomic mass is 16.6. The molecule has 0 bridgehead atoms. The number of carbonyl (C=O) groups is 1. The van der Waals surface area contributed by atoms with Crippen LogP contribution < -0.4 is 14.8 Å². The molecule has 1 aromatic carbocycles. The maximum Gasteiger partial charge on any atom is 0.255 e. The first-order valence-corrected chi connectivity index (χ1v) is 7.59. The molecule has 0 aromatic heterocycles. The van der Waals surface area contributed by atoms with Crippen molar-refractivity contribution in [1.29, 1.82) is 0 Å². The summed E-state index contributed by atoms with van der Waals surface area (Å²) >= 11 is 0. The van der Waals surface area contributed by atoms with E-state index in [2.05, 4.69) is 5.32 Å². The van der Waals surface area contributed by atoms with E-state index in [4.69, 9.17) is 9.47 Å². The lowest BCUT2D eigenvalue weighted by atomic mass is 9.87. The van der Waals surface area contributed by atoms with E-state index in [1.165, 1.54) is 0 Å². The summed E-state index contributed by atoms with van der Waals surface area (Å²) in [7, 11) is 0. The van der Waals surface area contributed by atoms with E-state index in [-0.39, 0.29) is 12.0 Å². The maximum atomic E-state index is 12.3. The Balaban J connectivity index is 1.61. The molecule has 0 spiro atoms. The second-order valence-electron chi connectivity index (χ2n) is 5.71. The molecule has 1 aliphatic heterocycles. The van der Waals surface area contributed by atoms with Crippen LogP contribution in [0, 0.1) is 5.92 Å². The molecule has 1 aromatic rings. The van der Waals surface area contributed by atoms with Crippen LogP contribution in [0.1, 0.15) is 36.0 Å². The molecule has 5 heteroatoms. The molecule has 2 N–H and O–H groups in total. The van der Waals surface area contributed by atoms with E-state index >= 15 is 0 Å². The molecule has 1 fully saturated rings. The Morgan fingerprint density at radius 3 is 2.76 bits per heavy atom. The number of hydrogen-bond donors (Lipinski definition) is 2. The molecular formula is C16H21NO4. The van der Waals surface area contributed by atoms with E-state index in [0.717, 1.165) is 25.7 Å². The van der Waals surface area contributed by atoms with Gasteiger partial charge < -0.3 is 19.9 Å². The molecule has 1 amide bonds. The summed E-state index contributed by atoms with van der Waals surface area (Å²) in [6, 6.07) is 5.38. The number of ether oxygens (including phenoxy) is 2. The lowest BCUT2D eigenvalue weighted by Crippen LogP contribution is -2.32. The van der Waals surface area contributed by atoms with Gasteiger partial charge in [-0.25, -0.2) is 0 Å². The van der Waals surface area contributed by atoms with Gasteiger partial charge >= 0.3 is 0 Å². The van der Waals surface area contributed by atoms with Crippen molar-refractivity contribution in [3.8, 4) is 11.5 Å². The van der Waals surface area contributed by atoms with Crippen LogP contribution in [0.3, 0.4) is 0 Å². The quantitative estimate of drug-likeness (QED) is 0.890. The summed E-state index contributed by atoms with van der Waals surface area (Å²) < 4.78 is 11.1. The van der Waals surface area contributed by atoms with Crippen molar-refractivity contribution in [1.82, 2.24) is 5.32 Å². The molecule has 1 heterocycles. The number of carbonyl (C=O) groups excluding carboxylic acids is 1. The zero-order valence-corrected chi connectivity index (χ0v) is 12.0. The van der Waals surface area contributed by atoms with Crippen LogP contribution in [0.25, 0.3) is 0 Å². The molecule has 1 saturated carbocycles. The molecule has 0 unspecified atom stereocenters. The zero-order chi connectivity index (χ0) is 14.7. The van der Waals surface area contributed by atoms with Crippen LogP contribution in [0.2, 0.25) is 0 Å². The Morgan fingerprint density at radius 2 is 1.95 bits per heavy atom. The molecular weight excluding hydrogens is 270 g/mol. The fourth-order valence-electron chi connectivity index (χ4n) is 2.93. The van der Waals surface area contributed by atoms with Crippen molar-refractivity contribution < 1.29 is 19.4 Å². The first kappa shape index (κ1) is 14.2. The lowest BCUT2D eigenvalue weighted by Gasteiger charge is -2.26. The summed E-state index contributed by atoms with van der Waals surface area (Å²) in [6.45, 7) is 1.64. The minimum Gasteiger partial charge on any atom is -0.486 e. The highest BCUT2D eigenvalue weighted by molar-refractivity contribution is 5.97. The molecule has 5 nitrogen and oxygen atoms in total. The van der Waals surface area contributed by atoms with Gasteiger partial charge in [0, 0.05) is 6.54 Å². The minimum atomic E-state index is -0.163. The van der Waals surface area contributed by atoms with Gasteiger partial charge in [0.05, 0.1) is 11.7 Å². The van der Waals surface area contributed by atoms with Crippen molar-refractivity contribution in [2.24, 2.45) is 5.92 Å².